The topological polar surface area (TPSA) is 17.1 Å². The fraction of sp³-hybridized carbons (Fsp3) is 0.875. The molecular formula is C8H16OS. The summed E-state index contributed by atoms with van der Waals surface area (Å²) in [5.41, 5.74) is 0. The maximum Gasteiger partial charge on any atom is 0.139 e. The molecule has 0 aliphatic carbocycles. The average Bonchev–Trinajstić information content (AvgIpc) is 1.87. The molecule has 10 heavy (non-hydrogen) atoms. The first-order valence-corrected chi connectivity index (χ1v) is 4.89. The molecule has 0 radical (unpaired) electrons. The number of hydrogen-bond donors (Lipinski definition) is 0. The first kappa shape index (κ1) is 10.0. The van der Waals surface area contributed by atoms with Crippen LogP contribution in [0.1, 0.15) is 27.2 Å². The smallest absolute Gasteiger partial charge is 0.139 e. The van der Waals surface area contributed by atoms with Crippen LogP contribution in [-0.2, 0) is 4.79 Å². The fourth-order valence-corrected chi connectivity index (χ4v) is 1.57. The Labute approximate surface area is 67.6 Å². The highest BCUT2D eigenvalue weighted by atomic mass is 32.2. The third kappa shape index (κ3) is 6.14. The van der Waals surface area contributed by atoms with Crippen LogP contribution in [0.3, 0.4) is 0 Å². The summed E-state index contributed by atoms with van der Waals surface area (Å²) in [7, 11) is 0. The summed E-state index contributed by atoms with van der Waals surface area (Å²) in [6, 6.07) is 0. The Hall–Kier alpha value is 0.0200. The lowest BCUT2D eigenvalue weighted by Crippen LogP contribution is -2.00. The molecular weight excluding hydrogens is 144 g/mol. The molecule has 0 rings (SSSR count). The Morgan fingerprint density at radius 2 is 2.20 bits per heavy atom. The first-order valence-electron chi connectivity index (χ1n) is 3.74. The lowest BCUT2D eigenvalue weighted by molar-refractivity contribution is -0.114. The van der Waals surface area contributed by atoms with E-state index >= 15 is 0 Å². The highest BCUT2D eigenvalue weighted by molar-refractivity contribution is 7.99. The standard InChI is InChI=1S/C8H16OS/c1-4-7(2)5-10-6-8(3)9/h7H,4-6H2,1-3H3. The van der Waals surface area contributed by atoms with E-state index in [1.807, 2.05) is 0 Å². The van der Waals surface area contributed by atoms with Crippen LogP contribution in [0.4, 0.5) is 0 Å². The van der Waals surface area contributed by atoms with Gasteiger partial charge in [-0.3, -0.25) is 4.79 Å². The van der Waals surface area contributed by atoms with Gasteiger partial charge in [0.2, 0.25) is 0 Å². The van der Waals surface area contributed by atoms with Crippen molar-refractivity contribution in [2.75, 3.05) is 11.5 Å². The third-order valence-electron chi connectivity index (χ3n) is 1.40. The van der Waals surface area contributed by atoms with Crippen molar-refractivity contribution < 1.29 is 4.79 Å². The SMILES string of the molecule is CCC(C)CSCC(C)=O. The van der Waals surface area contributed by atoms with Crippen LogP contribution in [-0.4, -0.2) is 17.3 Å². The molecule has 1 nitrogen and oxygen atoms in total. The molecule has 0 aromatic rings. The summed E-state index contributed by atoms with van der Waals surface area (Å²) < 4.78 is 0. The number of hydrogen-bond acceptors (Lipinski definition) is 2. The minimum Gasteiger partial charge on any atom is -0.299 e. The van der Waals surface area contributed by atoms with E-state index in [9.17, 15) is 4.79 Å². The Balaban J connectivity index is 3.11. The monoisotopic (exact) mass is 160 g/mol. The molecule has 0 amide bonds. The predicted octanol–water partition coefficient (Wildman–Crippen LogP) is 2.35. The van der Waals surface area contributed by atoms with Crippen molar-refractivity contribution in [3.63, 3.8) is 0 Å². The normalized spacial score (nSPS) is 13.1. The zero-order valence-electron chi connectivity index (χ0n) is 7.02. The Bertz CT molecular complexity index is 101. The Kier molecular flexibility index (Phi) is 5.79. The van der Waals surface area contributed by atoms with Crippen LogP contribution < -0.4 is 0 Å². The van der Waals surface area contributed by atoms with Gasteiger partial charge in [-0.1, -0.05) is 20.3 Å². The molecule has 0 aliphatic rings. The van der Waals surface area contributed by atoms with Crippen molar-refractivity contribution in [2.24, 2.45) is 5.92 Å². The van der Waals surface area contributed by atoms with Gasteiger partial charge >= 0.3 is 0 Å². The summed E-state index contributed by atoms with van der Waals surface area (Å²) in [5.74, 6) is 2.85. The summed E-state index contributed by atoms with van der Waals surface area (Å²) >= 11 is 1.74. The molecule has 0 N–H and O–H groups in total. The Morgan fingerprint density at radius 3 is 2.60 bits per heavy atom. The lowest BCUT2D eigenvalue weighted by Gasteiger charge is -2.05. The average molecular weight is 160 g/mol. The molecule has 0 spiro atoms. The molecule has 60 valence electrons. The van der Waals surface area contributed by atoms with Gasteiger partial charge < -0.3 is 0 Å². The van der Waals surface area contributed by atoms with Gasteiger partial charge in [0.05, 0.1) is 5.75 Å². The molecule has 0 fully saturated rings. The van der Waals surface area contributed by atoms with E-state index in [1.165, 1.54) is 6.42 Å². The van der Waals surface area contributed by atoms with Crippen LogP contribution in [0.25, 0.3) is 0 Å². The maximum absolute atomic E-state index is 10.5. The van der Waals surface area contributed by atoms with Crippen molar-refractivity contribution in [3.8, 4) is 0 Å². The van der Waals surface area contributed by atoms with Gasteiger partial charge in [-0.15, -0.1) is 0 Å². The van der Waals surface area contributed by atoms with E-state index in [4.69, 9.17) is 0 Å². The maximum atomic E-state index is 10.5. The summed E-state index contributed by atoms with van der Waals surface area (Å²) in [6.45, 7) is 6.04. The summed E-state index contributed by atoms with van der Waals surface area (Å²) in [4.78, 5) is 10.5. The van der Waals surface area contributed by atoms with Crippen LogP contribution in [0, 0.1) is 5.92 Å². The van der Waals surface area contributed by atoms with Crippen molar-refractivity contribution >= 4 is 17.5 Å². The van der Waals surface area contributed by atoms with Gasteiger partial charge in [0.25, 0.3) is 0 Å². The van der Waals surface area contributed by atoms with E-state index in [2.05, 4.69) is 13.8 Å². The number of rotatable bonds is 5. The highest BCUT2D eigenvalue weighted by Crippen LogP contribution is 2.10. The molecule has 0 bridgehead atoms. The zero-order valence-corrected chi connectivity index (χ0v) is 7.83. The fourth-order valence-electron chi connectivity index (χ4n) is 0.522. The number of carbonyl (C=O) groups excluding carboxylic acids is 1. The molecule has 0 saturated heterocycles. The molecule has 0 saturated carbocycles. The van der Waals surface area contributed by atoms with E-state index in [1.54, 1.807) is 18.7 Å². The predicted molar refractivity (Wildman–Crippen MR) is 47.5 cm³/mol. The number of ketones is 1. The third-order valence-corrected chi connectivity index (χ3v) is 2.82. The second-order valence-corrected chi connectivity index (χ2v) is 3.76. The van der Waals surface area contributed by atoms with Crippen LogP contribution >= 0.6 is 11.8 Å². The van der Waals surface area contributed by atoms with Gasteiger partial charge in [0.15, 0.2) is 0 Å². The van der Waals surface area contributed by atoms with E-state index < -0.39 is 0 Å². The second-order valence-electron chi connectivity index (χ2n) is 2.73. The number of carbonyl (C=O) groups is 1. The zero-order chi connectivity index (χ0) is 7.98. The van der Waals surface area contributed by atoms with Crippen LogP contribution in [0.2, 0.25) is 0 Å². The van der Waals surface area contributed by atoms with Gasteiger partial charge in [0, 0.05) is 0 Å². The molecule has 1 unspecified atom stereocenters. The van der Waals surface area contributed by atoms with E-state index in [-0.39, 0.29) is 5.78 Å². The lowest BCUT2D eigenvalue weighted by atomic mass is 10.2. The van der Waals surface area contributed by atoms with Gasteiger partial charge in [0.1, 0.15) is 5.78 Å². The number of thioether (sulfide) groups is 1. The van der Waals surface area contributed by atoms with Crippen molar-refractivity contribution in [3.05, 3.63) is 0 Å². The molecule has 0 heterocycles. The molecule has 0 aliphatic heterocycles. The van der Waals surface area contributed by atoms with Gasteiger partial charge in [-0.2, -0.15) is 11.8 Å². The molecule has 0 aromatic heterocycles. The number of Topliss-reactive ketones (excluding diaryl/α,β-unsaturated/α-hetero) is 1. The summed E-state index contributed by atoms with van der Waals surface area (Å²) in [6.07, 6.45) is 1.21. The minimum atomic E-state index is 0.285. The van der Waals surface area contributed by atoms with Gasteiger partial charge in [-0.25, -0.2) is 0 Å². The van der Waals surface area contributed by atoms with Crippen LogP contribution in [0.15, 0.2) is 0 Å². The van der Waals surface area contributed by atoms with Crippen molar-refractivity contribution in [1.29, 1.82) is 0 Å². The minimum absolute atomic E-state index is 0.285. The van der Waals surface area contributed by atoms with Crippen molar-refractivity contribution in [1.82, 2.24) is 0 Å². The Morgan fingerprint density at radius 1 is 1.60 bits per heavy atom. The van der Waals surface area contributed by atoms with E-state index in [0.29, 0.717) is 5.75 Å². The largest absolute Gasteiger partial charge is 0.299 e. The van der Waals surface area contributed by atoms with Crippen molar-refractivity contribution in [2.45, 2.75) is 27.2 Å². The van der Waals surface area contributed by atoms with Gasteiger partial charge in [-0.05, 0) is 18.6 Å². The molecule has 0 aromatic carbocycles. The molecule has 1 atom stereocenters. The molecule has 2 heteroatoms. The van der Waals surface area contributed by atoms with Crippen LogP contribution in [0.5, 0.6) is 0 Å². The first-order chi connectivity index (χ1) is 4.66. The van der Waals surface area contributed by atoms with E-state index in [0.717, 1.165) is 11.7 Å². The highest BCUT2D eigenvalue weighted by Gasteiger charge is 1.99. The second kappa shape index (κ2) is 5.78. The quantitative estimate of drug-likeness (QED) is 0.614. The summed E-state index contributed by atoms with van der Waals surface area (Å²) in [5, 5.41) is 0.